The number of nitrogens with one attached hydrogen (secondary N) is 1. The molecule has 2 unspecified atom stereocenters. The lowest BCUT2D eigenvalue weighted by Gasteiger charge is -2.37. The van der Waals surface area contributed by atoms with E-state index in [2.05, 4.69) is 21.2 Å². The summed E-state index contributed by atoms with van der Waals surface area (Å²) in [7, 11) is 1.46. The number of carbonyl (C=O) groups excluding carboxylic acids is 2. The number of ether oxygens (including phenoxy) is 2. The third-order valence-corrected chi connectivity index (χ3v) is 7.40. The number of allylic oxidation sites excluding steroid dienone is 3. The Kier molecular flexibility index (Phi) is 7.81. The number of dihydropyridines is 1. The van der Waals surface area contributed by atoms with Crippen molar-refractivity contribution in [1.29, 1.82) is 0 Å². The van der Waals surface area contributed by atoms with Gasteiger partial charge < -0.3 is 19.9 Å². The molecule has 4 rings (SSSR count). The maximum absolute atomic E-state index is 13.7. The Hall–Kier alpha value is -2.77. The van der Waals surface area contributed by atoms with E-state index in [9.17, 15) is 14.7 Å². The number of ketones is 1. The van der Waals surface area contributed by atoms with Gasteiger partial charge in [0.1, 0.15) is 0 Å². The van der Waals surface area contributed by atoms with E-state index in [0.717, 1.165) is 11.3 Å². The fourth-order valence-electron chi connectivity index (χ4n) is 4.85. The molecule has 190 valence electrons. The molecular weight excluding hydrogens is 546 g/mol. The van der Waals surface area contributed by atoms with Crippen LogP contribution in [0.4, 0.5) is 0 Å². The maximum Gasteiger partial charge on any atom is 0.336 e. The molecule has 0 radical (unpaired) electrons. The fraction of sp³-hybridized carbons (Fsp3) is 0.357. The van der Waals surface area contributed by atoms with Crippen LogP contribution >= 0.6 is 27.5 Å². The highest BCUT2D eigenvalue weighted by atomic mass is 79.9. The molecule has 36 heavy (non-hydrogen) atoms. The van der Waals surface area contributed by atoms with E-state index in [0.29, 0.717) is 44.7 Å². The van der Waals surface area contributed by atoms with Gasteiger partial charge in [-0.05, 0) is 76.5 Å². The van der Waals surface area contributed by atoms with Gasteiger partial charge in [0.2, 0.25) is 0 Å². The lowest BCUT2D eigenvalue weighted by atomic mass is 9.71. The Bertz CT molecular complexity index is 1270. The Labute approximate surface area is 224 Å². The van der Waals surface area contributed by atoms with Gasteiger partial charge in [0, 0.05) is 34.3 Å². The van der Waals surface area contributed by atoms with Crippen LogP contribution in [0.5, 0.6) is 11.5 Å². The molecule has 6 nitrogen and oxygen atoms in total. The number of methoxy groups -OCH3 is 1. The van der Waals surface area contributed by atoms with Crippen LogP contribution in [0.15, 0.2) is 63.4 Å². The van der Waals surface area contributed by atoms with Crippen LogP contribution in [0.2, 0.25) is 5.02 Å². The number of benzene rings is 2. The van der Waals surface area contributed by atoms with Gasteiger partial charge in [0.15, 0.2) is 17.3 Å². The molecule has 2 aromatic carbocycles. The summed E-state index contributed by atoms with van der Waals surface area (Å²) in [6.45, 7) is 6.03. The number of carbonyl (C=O) groups is 2. The zero-order valence-corrected chi connectivity index (χ0v) is 23.0. The van der Waals surface area contributed by atoms with Crippen LogP contribution in [0, 0.1) is 5.92 Å². The third-order valence-electron chi connectivity index (χ3n) is 6.54. The topological polar surface area (TPSA) is 84.9 Å². The highest BCUT2D eigenvalue weighted by Crippen LogP contribution is 2.48. The molecule has 0 fully saturated rings. The van der Waals surface area contributed by atoms with Crippen molar-refractivity contribution in [1.82, 2.24) is 5.32 Å². The zero-order chi connectivity index (χ0) is 26.1. The minimum Gasteiger partial charge on any atom is -0.503 e. The normalized spacial score (nSPS) is 19.8. The number of aromatic hydroxyl groups is 1. The number of hydrogen-bond donors (Lipinski definition) is 2. The lowest BCUT2D eigenvalue weighted by molar-refractivity contribution is -0.140. The summed E-state index contributed by atoms with van der Waals surface area (Å²) in [5.74, 6) is -0.823. The molecule has 1 aliphatic carbocycles. The average molecular weight is 575 g/mol. The molecule has 0 bridgehead atoms. The molecule has 8 heteroatoms. The van der Waals surface area contributed by atoms with Crippen molar-refractivity contribution in [2.24, 2.45) is 5.92 Å². The second-order valence-electron chi connectivity index (χ2n) is 9.61. The summed E-state index contributed by atoms with van der Waals surface area (Å²) in [6, 6.07) is 11.0. The van der Waals surface area contributed by atoms with Gasteiger partial charge in [0.25, 0.3) is 0 Å². The summed E-state index contributed by atoms with van der Waals surface area (Å²) in [4.78, 5) is 27.1. The van der Waals surface area contributed by atoms with E-state index in [1.165, 1.54) is 7.11 Å². The SMILES string of the molecule is COc1cc(C2C(C(=O)OCC(C)C)=C(C)NC3=C2C(=O)CC(c2ccc(Cl)cc2)C3)cc(Br)c1O. The van der Waals surface area contributed by atoms with E-state index in [4.69, 9.17) is 21.1 Å². The van der Waals surface area contributed by atoms with Crippen molar-refractivity contribution in [3.8, 4) is 11.5 Å². The minimum atomic E-state index is -0.662. The Morgan fingerprint density at radius 2 is 1.89 bits per heavy atom. The van der Waals surface area contributed by atoms with Crippen LogP contribution < -0.4 is 10.1 Å². The molecule has 0 saturated heterocycles. The number of Topliss-reactive ketones (excluding diaryl/α,β-unsaturated/α-hetero) is 1. The number of rotatable bonds is 6. The number of halogens is 2. The largest absolute Gasteiger partial charge is 0.503 e. The first-order valence-corrected chi connectivity index (χ1v) is 13.0. The molecule has 0 aromatic heterocycles. The first-order chi connectivity index (χ1) is 17.1. The highest BCUT2D eigenvalue weighted by Gasteiger charge is 2.42. The summed E-state index contributed by atoms with van der Waals surface area (Å²) in [5.41, 5.74) is 4.04. The Balaban J connectivity index is 1.82. The van der Waals surface area contributed by atoms with Crippen molar-refractivity contribution < 1.29 is 24.2 Å². The maximum atomic E-state index is 13.7. The van der Waals surface area contributed by atoms with Crippen LogP contribution in [0.25, 0.3) is 0 Å². The number of esters is 1. The van der Waals surface area contributed by atoms with E-state index in [1.54, 1.807) is 12.1 Å². The molecule has 2 aromatic rings. The van der Waals surface area contributed by atoms with Crippen LogP contribution in [0.3, 0.4) is 0 Å². The zero-order valence-electron chi connectivity index (χ0n) is 20.7. The number of hydrogen-bond acceptors (Lipinski definition) is 6. The molecule has 1 aliphatic heterocycles. The summed E-state index contributed by atoms with van der Waals surface area (Å²) < 4.78 is 11.4. The number of phenolic OH excluding ortho intramolecular Hbond substituents is 1. The summed E-state index contributed by atoms with van der Waals surface area (Å²) in [6.07, 6.45) is 0.920. The van der Waals surface area contributed by atoms with Crippen molar-refractivity contribution >= 4 is 39.3 Å². The van der Waals surface area contributed by atoms with Gasteiger partial charge in [-0.3, -0.25) is 4.79 Å². The van der Waals surface area contributed by atoms with Crippen molar-refractivity contribution in [3.05, 3.63) is 79.6 Å². The van der Waals surface area contributed by atoms with E-state index < -0.39 is 11.9 Å². The quantitative estimate of drug-likeness (QED) is 0.390. The van der Waals surface area contributed by atoms with Gasteiger partial charge in [-0.25, -0.2) is 4.79 Å². The van der Waals surface area contributed by atoms with Crippen molar-refractivity contribution in [2.45, 2.75) is 45.4 Å². The smallest absolute Gasteiger partial charge is 0.336 e. The second kappa shape index (κ2) is 10.7. The summed E-state index contributed by atoms with van der Waals surface area (Å²) >= 11 is 9.45. The predicted molar refractivity (Wildman–Crippen MR) is 142 cm³/mol. The van der Waals surface area contributed by atoms with E-state index in [1.807, 2.05) is 45.0 Å². The average Bonchev–Trinajstić information content (AvgIpc) is 2.83. The molecule has 2 atom stereocenters. The summed E-state index contributed by atoms with van der Waals surface area (Å²) in [5, 5.41) is 14.4. The monoisotopic (exact) mass is 573 g/mol. The molecular formula is C28H29BrClNO5. The van der Waals surface area contributed by atoms with Gasteiger partial charge in [-0.1, -0.05) is 37.6 Å². The second-order valence-corrected chi connectivity index (χ2v) is 10.9. The molecule has 1 heterocycles. The van der Waals surface area contributed by atoms with Crippen LogP contribution in [0.1, 0.15) is 56.6 Å². The first kappa shape index (κ1) is 26.3. The lowest BCUT2D eigenvalue weighted by Crippen LogP contribution is -2.36. The van der Waals surface area contributed by atoms with Gasteiger partial charge in [-0.15, -0.1) is 0 Å². The van der Waals surface area contributed by atoms with Gasteiger partial charge >= 0.3 is 5.97 Å². The first-order valence-electron chi connectivity index (χ1n) is 11.8. The Morgan fingerprint density at radius 3 is 2.53 bits per heavy atom. The molecule has 2 aliphatic rings. The van der Waals surface area contributed by atoms with E-state index >= 15 is 0 Å². The van der Waals surface area contributed by atoms with Crippen LogP contribution in [-0.4, -0.2) is 30.6 Å². The molecule has 0 amide bonds. The molecule has 2 N–H and O–H groups in total. The highest BCUT2D eigenvalue weighted by molar-refractivity contribution is 9.10. The van der Waals surface area contributed by atoms with Gasteiger partial charge in [-0.2, -0.15) is 0 Å². The predicted octanol–water partition coefficient (Wildman–Crippen LogP) is 6.38. The fourth-order valence-corrected chi connectivity index (χ4v) is 5.44. The molecule has 0 spiro atoms. The van der Waals surface area contributed by atoms with Crippen molar-refractivity contribution in [3.63, 3.8) is 0 Å². The molecule has 0 saturated carbocycles. The standard InChI is InChI=1S/C28H29BrClNO5/c1-14(2)13-36-28(34)24-15(3)31-21-10-17(16-5-7-19(30)8-6-16)11-22(32)26(21)25(24)18-9-20(29)27(33)23(12-18)35-4/h5-9,12,14,17,25,31,33H,10-11,13H2,1-4H3. The minimum absolute atomic E-state index is 0.00926. The van der Waals surface area contributed by atoms with Crippen LogP contribution in [-0.2, 0) is 14.3 Å². The third kappa shape index (κ3) is 5.18. The van der Waals surface area contributed by atoms with Gasteiger partial charge in [0.05, 0.1) is 23.8 Å². The van der Waals surface area contributed by atoms with Crippen molar-refractivity contribution in [2.75, 3.05) is 13.7 Å². The van der Waals surface area contributed by atoms with E-state index in [-0.39, 0.29) is 35.7 Å². The number of phenols is 1. The Morgan fingerprint density at radius 1 is 1.19 bits per heavy atom.